The SMILES string of the molecule is CCOc1cc(-c2ccc(N3C4CC5CC3CC(O)(C5)C4)nc2)c2c3cn[nH]c3nn2c1. The number of piperidine rings is 2. The summed E-state index contributed by atoms with van der Waals surface area (Å²) in [7, 11) is 0. The molecule has 0 amide bonds. The molecule has 2 unspecified atom stereocenters. The fourth-order valence-corrected chi connectivity index (χ4v) is 6.66. The summed E-state index contributed by atoms with van der Waals surface area (Å²) in [5.41, 5.74) is 3.34. The van der Waals surface area contributed by atoms with Gasteiger partial charge < -0.3 is 14.7 Å². The molecule has 8 heteroatoms. The average molecular weight is 431 g/mol. The molecule has 8 nitrogen and oxygen atoms in total. The minimum atomic E-state index is -0.448. The van der Waals surface area contributed by atoms with Crippen molar-refractivity contribution in [3.63, 3.8) is 0 Å². The standard InChI is InChI=1S/C24H26N6O2/c1-2-32-18-7-19(22-20-12-26-27-23(20)28-29(22)13-18)15-3-4-21(25-11-15)30-16-5-14-6-17(30)10-24(31,8-14)9-16/h3-4,7,11-14,16-17,31H,2,5-6,8-10H2,1H3,(H,27,28). The predicted molar refractivity (Wildman–Crippen MR) is 121 cm³/mol. The molecule has 0 aromatic carbocycles. The van der Waals surface area contributed by atoms with E-state index < -0.39 is 5.60 Å². The lowest BCUT2D eigenvalue weighted by molar-refractivity contribution is -0.0872. The van der Waals surface area contributed by atoms with Crippen molar-refractivity contribution in [1.82, 2.24) is 24.8 Å². The molecule has 164 valence electrons. The average Bonchev–Trinajstić information content (AvgIpc) is 3.33. The van der Waals surface area contributed by atoms with E-state index in [9.17, 15) is 5.11 Å². The van der Waals surface area contributed by atoms with Crippen LogP contribution in [0.3, 0.4) is 0 Å². The van der Waals surface area contributed by atoms with Crippen molar-refractivity contribution in [3.8, 4) is 16.9 Å². The number of nitrogens with one attached hydrogen (secondary N) is 1. The third-order valence-corrected chi connectivity index (χ3v) is 7.63. The van der Waals surface area contributed by atoms with Crippen LogP contribution < -0.4 is 9.64 Å². The number of pyridine rings is 2. The monoisotopic (exact) mass is 430 g/mol. The lowest BCUT2D eigenvalue weighted by Gasteiger charge is -2.60. The van der Waals surface area contributed by atoms with Gasteiger partial charge in [-0.15, -0.1) is 5.10 Å². The van der Waals surface area contributed by atoms with Crippen molar-refractivity contribution in [2.75, 3.05) is 11.5 Å². The van der Waals surface area contributed by atoms with Crippen LogP contribution in [0.4, 0.5) is 5.82 Å². The van der Waals surface area contributed by atoms with Crippen molar-refractivity contribution in [1.29, 1.82) is 0 Å². The fourth-order valence-electron chi connectivity index (χ4n) is 6.66. The molecule has 2 aliphatic carbocycles. The number of hydrogen-bond donors (Lipinski definition) is 2. The maximum Gasteiger partial charge on any atom is 0.178 e. The van der Waals surface area contributed by atoms with Crippen molar-refractivity contribution in [2.24, 2.45) is 5.92 Å². The highest BCUT2D eigenvalue weighted by Crippen LogP contribution is 2.52. The van der Waals surface area contributed by atoms with E-state index in [1.54, 1.807) is 0 Å². The van der Waals surface area contributed by atoms with E-state index in [0.717, 1.165) is 58.5 Å². The molecule has 0 radical (unpaired) electrons. The number of nitrogens with zero attached hydrogens (tertiary/aromatic N) is 5. The van der Waals surface area contributed by atoms with Gasteiger partial charge in [-0.1, -0.05) is 0 Å². The zero-order valence-electron chi connectivity index (χ0n) is 18.0. The number of aliphatic hydroxyl groups is 1. The zero-order valence-corrected chi connectivity index (χ0v) is 18.0. The Labute approximate surface area is 185 Å². The van der Waals surface area contributed by atoms with Gasteiger partial charge in [0.05, 0.1) is 35.5 Å². The van der Waals surface area contributed by atoms with E-state index in [0.29, 0.717) is 24.6 Å². The topological polar surface area (TPSA) is 91.6 Å². The molecule has 4 aromatic rings. The summed E-state index contributed by atoms with van der Waals surface area (Å²) in [4.78, 5) is 7.39. The van der Waals surface area contributed by atoms with Gasteiger partial charge in [-0.05, 0) is 63.1 Å². The van der Waals surface area contributed by atoms with Gasteiger partial charge >= 0.3 is 0 Å². The molecule has 4 bridgehead atoms. The van der Waals surface area contributed by atoms with Crippen LogP contribution in [0.25, 0.3) is 27.7 Å². The Morgan fingerprint density at radius 1 is 1.19 bits per heavy atom. The Bertz CT molecular complexity index is 1310. The Morgan fingerprint density at radius 3 is 2.75 bits per heavy atom. The zero-order chi connectivity index (χ0) is 21.4. The lowest BCUT2D eigenvalue weighted by atomic mass is 9.61. The first-order valence-corrected chi connectivity index (χ1v) is 11.6. The Morgan fingerprint density at radius 2 is 2.03 bits per heavy atom. The molecular formula is C24H26N6O2. The molecular weight excluding hydrogens is 404 g/mol. The number of ether oxygens (including phenoxy) is 1. The maximum atomic E-state index is 10.9. The molecule has 2 N–H and O–H groups in total. The first-order chi connectivity index (χ1) is 15.6. The van der Waals surface area contributed by atoms with Crippen molar-refractivity contribution < 1.29 is 9.84 Å². The highest BCUT2D eigenvalue weighted by Gasteiger charge is 2.54. The number of anilines is 1. The number of aromatic nitrogens is 5. The molecule has 2 saturated carbocycles. The van der Waals surface area contributed by atoms with E-state index in [-0.39, 0.29) is 0 Å². The molecule has 6 heterocycles. The summed E-state index contributed by atoms with van der Waals surface area (Å²) in [6.07, 6.45) is 10.8. The van der Waals surface area contributed by atoms with Crippen molar-refractivity contribution >= 4 is 22.4 Å². The van der Waals surface area contributed by atoms with Gasteiger partial charge in [0.2, 0.25) is 0 Å². The quantitative estimate of drug-likeness (QED) is 0.514. The van der Waals surface area contributed by atoms with Crippen LogP contribution in [-0.2, 0) is 0 Å². The number of aromatic amines is 1. The Balaban J connectivity index is 1.29. The summed E-state index contributed by atoms with van der Waals surface area (Å²) < 4.78 is 7.66. The molecule has 2 aliphatic heterocycles. The highest BCUT2D eigenvalue weighted by molar-refractivity contribution is 6.00. The number of rotatable bonds is 4. The van der Waals surface area contributed by atoms with Crippen molar-refractivity contribution in [3.05, 3.63) is 36.8 Å². The maximum absolute atomic E-state index is 10.9. The number of H-pyrrole nitrogens is 1. The van der Waals surface area contributed by atoms with Gasteiger partial charge in [0, 0.05) is 29.4 Å². The second-order valence-corrected chi connectivity index (χ2v) is 9.74. The van der Waals surface area contributed by atoms with E-state index in [4.69, 9.17) is 9.72 Å². The third-order valence-electron chi connectivity index (χ3n) is 7.63. The number of fused-ring (bicyclic) bond motifs is 3. The van der Waals surface area contributed by atoms with Gasteiger partial charge in [0.25, 0.3) is 0 Å². The van der Waals surface area contributed by atoms with E-state index in [2.05, 4.69) is 38.4 Å². The van der Waals surface area contributed by atoms with E-state index >= 15 is 0 Å². The summed E-state index contributed by atoms with van der Waals surface area (Å²) >= 11 is 0. The van der Waals surface area contributed by atoms with E-state index in [1.807, 2.05) is 30.0 Å². The van der Waals surface area contributed by atoms with Crippen LogP contribution in [0.1, 0.15) is 39.0 Å². The van der Waals surface area contributed by atoms with Crippen LogP contribution in [0.5, 0.6) is 5.75 Å². The largest absolute Gasteiger partial charge is 0.492 e. The smallest absolute Gasteiger partial charge is 0.178 e. The summed E-state index contributed by atoms with van der Waals surface area (Å²) in [5.74, 6) is 2.46. The minimum absolute atomic E-state index is 0.401. The van der Waals surface area contributed by atoms with Gasteiger partial charge in [-0.3, -0.25) is 5.10 Å². The second kappa shape index (κ2) is 6.45. The van der Waals surface area contributed by atoms with Crippen LogP contribution in [0, 0.1) is 5.92 Å². The van der Waals surface area contributed by atoms with Crippen LogP contribution in [0.15, 0.2) is 36.8 Å². The Kier molecular flexibility index (Phi) is 3.72. The molecule has 8 rings (SSSR count). The second-order valence-electron chi connectivity index (χ2n) is 9.74. The summed E-state index contributed by atoms with van der Waals surface area (Å²) in [6, 6.07) is 7.14. The van der Waals surface area contributed by atoms with Gasteiger partial charge in [0.1, 0.15) is 11.6 Å². The molecule has 32 heavy (non-hydrogen) atoms. The third kappa shape index (κ3) is 2.62. The van der Waals surface area contributed by atoms with Gasteiger partial charge in [0.15, 0.2) is 5.65 Å². The summed E-state index contributed by atoms with van der Waals surface area (Å²) in [5, 5.41) is 23.6. The first kappa shape index (κ1) is 18.4. The molecule has 2 atom stereocenters. The van der Waals surface area contributed by atoms with Crippen LogP contribution >= 0.6 is 0 Å². The molecule has 4 aromatic heterocycles. The minimum Gasteiger partial charge on any atom is -0.492 e. The van der Waals surface area contributed by atoms with Gasteiger partial charge in [-0.2, -0.15) is 5.10 Å². The normalized spacial score (nSPS) is 28.8. The molecule has 4 aliphatic rings. The fraction of sp³-hybridized carbons (Fsp3) is 0.458. The molecule has 0 spiro atoms. The Hall–Kier alpha value is -3.13. The molecule has 4 fully saturated rings. The summed E-state index contributed by atoms with van der Waals surface area (Å²) in [6.45, 7) is 2.57. The predicted octanol–water partition coefficient (Wildman–Crippen LogP) is 3.55. The van der Waals surface area contributed by atoms with Crippen molar-refractivity contribution in [2.45, 2.75) is 56.7 Å². The highest BCUT2D eigenvalue weighted by atomic mass is 16.5. The molecule has 2 saturated heterocycles. The van der Waals surface area contributed by atoms with Gasteiger partial charge in [-0.25, -0.2) is 9.50 Å². The first-order valence-electron chi connectivity index (χ1n) is 11.6. The van der Waals surface area contributed by atoms with E-state index in [1.165, 1.54) is 12.8 Å². The number of hydrogen-bond acceptors (Lipinski definition) is 6. The van der Waals surface area contributed by atoms with Crippen LogP contribution in [0.2, 0.25) is 0 Å². The van der Waals surface area contributed by atoms with Crippen LogP contribution in [-0.4, -0.2) is 54.2 Å². The lowest BCUT2D eigenvalue weighted by Crippen LogP contribution is -2.64.